The number of carbonyl (C=O) groups excluding carboxylic acids is 1. The molecule has 23 heavy (non-hydrogen) atoms. The van der Waals surface area contributed by atoms with E-state index in [1.165, 1.54) is 0 Å². The molecule has 2 aromatic rings. The second kappa shape index (κ2) is 7.26. The van der Waals surface area contributed by atoms with Crippen LogP contribution in [0.4, 0.5) is 5.82 Å². The second-order valence-electron chi connectivity index (χ2n) is 5.99. The summed E-state index contributed by atoms with van der Waals surface area (Å²) in [4.78, 5) is 16.8. The van der Waals surface area contributed by atoms with Crippen molar-refractivity contribution in [2.45, 2.75) is 25.8 Å². The van der Waals surface area contributed by atoms with Gasteiger partial charge in [-0.2, -0.15) is 5.10 Å². The number of rotatable bonds is 4. The molecule has 1 saturated heterocycles. The van der Waals surface area contributed by atoms with Crippen molar-refractivity contribution in [3.05, 3.63) is 42.9 Å². The van der Waals surface area contributed by atoms with Crippen molar-refractivity contribution >= 4 is 11.7 Å². The summed E-state index contributed by atoms with van der Waals surface area (Å²) in [5, 5.41) is 8.10. The summed E-state index contributed by atoms with van der Waals surface area (Å²) in [7, 11) is 0. The third kappa shape index (κ3) is 3.88. The molecule has 0 bridgehead atoms. The topological polar surface area (TPSA) is 54.3 Å². The minimum absolute atomic E-state index is 0.192. The molecule has 2 aromatic heterocycles. The molecular weight excluding hydrogens is 290 g/mol. The lowest BCUT2D eigenvalue weighted by Gasteiger charge is -2.24. The number of carbonyl (C=O) groups is 1. The summed E-state index contributed by atoms with van der Waals surface area (Å²) in [5.74, 6) is 1.12. The van der Waals surface area contributed by atoms with E-state index in [9.17, 15) is 4.79 Å². The molecule has 1 aliphatic rings. The molecular formula is C17H23N5O. The van der Waals surface area contributed by atoms with E-state index in [2.05, 4.69) is 26.6 Å². The van der Waals surface area contributed by atoms with Crippen molar-refractivity contribution in [3.63, 3.8) is 0 Å². The Labute approximate surface area is 136 Å². The quantitative estimate of drug-likeness (QED) is 0.866. The first kappa shape index (κ1) is 15.5. The van der Waals surface area contributed by atoms with Crippen LogP contribution in [0.3, 0.4) is 0 Å². The number of aromatic nitrogens is 3. The van der Waals surface area contributed by atoms with Crippen LogP contribution in [0, 0.1) is 0 Å². The van der Waals surface area contributed by atoms with E-state index in [4.69, 9.17) is 0 Å². The zero-order valence-corrected chi connectivity index (χ0v) is 13.5. The highest BCUT2D eigenvalue weighted by Crippen LogP contribution is 2.16. The van der Waals surface area contributed by atoms with E-state index in [1.807, 2.05) is 41.6 Å². The summed E-state index contributed by atoms with van der Waals surface area (Å²) in [6.07, 6.45) is 7.20. The van der Waals surface area contributed by atoms with Gasteiger partial charge in [0.05, 0.1) is 0 Å². The average molecular weight is 313 g/mol. The van der Waals surface area contributed by atoms with Gasteiger partial charge in [-0.15, -0.1) is 5.10 Å². The minimum Gasteiger partial charge on any atom is -0.353 e. The largest absolute Gasteiger partial charge is 0.353 e. The summed E-state index contributed by atoms with van der Waals surface area (Å²) in [6.45, 7) is 5.36. The number of hydrogen-bond acceptors (Lipinski definition) is 4. The molecule has 0 aliphatic carbocycles. The van der Waals surface area contributed by atoms with Gasteiger partial charge in [0, 0.05) is 57.2 Å². The molecule has 3 heterocycles. The molecule has 1 fully saturated rings. The fourth-order valence-corrected chi connectivity index (χ4v) is 2.99. The monoisotopic (exact) mass is 313 g/mol. The lowest BCUT2D eigenvalue weighted by Crippen LogP contribution is -2.36. The van der Waals surface area contributed by atoms with E-state index < -0.39 is 0 Å². The van der Waals surface area contributed by atoms with Crippen molar-refractivity contribution in [1.29, 1.82) is 0 Å². The maximum Gasteiger partial charge on any atom is 0.224 e. The molecule has 0 N–H and O–H groups in total. The Bertz CT molecular complexity index is 613. The highest BCUT2D eigenvalue weighted by atomic mass is 16.2. The van der Waals surface area contributed by atoms with Crippen LogP contribution in [-0.2, 0) is 4.79 Å². The standard InChI is InChI=1S/C17H23N5O/c1-15(20-8-2-3-9-20)14-17(23)22-11-5-10-21(12-13-22)16-6-4-7-18-19-16/h2-4,6-9,15H,5,10-14H2,1H3. The Balaban J connectivity index is 1.56. The molecule has 0 aromatic carbocycles. The van der Waals surface area contributed by atoms with Crippen molar-refractivity contribution in [1.82, 2.24) is 19.7 Å². The van der Waals surface area contributed by atoms with Crippen molar-refractivity contribution in [2.75, 3.05) is 31.1 Å². The van der Waals surface area contributed by atoms with Gasteiger partial charge in [0.15, 0.2) is 5.82 Å². The maximum absolute atomic E-state index is 12.6. The van der Waals surface area contributed by atoms with Crippen LogP contribution < -0.4 is 4.90 Å². The smallest absolute Gasteiger partial charge is 0.224 e. The van der Waals surface area contributed by atoms with Gasteiger partial charge in [0.25, 0.3) is 0 Å². The van der Waals surface area contributed by atoms with Gasteiger partial charge in [-0.3, -0.25) is 4.79 Å². The van der Waals surface area contributed by atoms with Crippen molar-refractivity contribution in [2.24, 2.45) is 0 Å². The molecule has 1 amide bonds. The molecule has 1 unspecified atom stereocenters. The summed E-state index contributed by atoms with van der Waals surface area (Å²) in [6, 6.07) is 8.04. The fourth-order valence-electron chi connectivity index (χ4n) is 2.99. The third-order valence-corrected chi connectivity index (χ3v) is 4.34. The second-order valence-corrected chi connectivity index (χ2v) is 5.99. The summed E-state index contributed by atoms with van der Waals surface area (Å²) < 4.78 is 2.08. The van der Waals surface area contributed by atoms with Gasteiger partial charge in [-0.25, -0.2) is 0 Å². The highest BCUT2D eigenvalue weighted by molar-refractivity contribution is 5.76. The van der Waals surface area contributed by atoms with Crippen LogP contribution in [0.2, 0.25) is 0 Å². The summed E-state index contributed by atoms with van der Waals surface area (Å²) >= 11 is 0. The van der Waals surface area contributed by atoms with E-state index in [1.54, 1.807) is 6.20 Å². The van der Waals surface area contributed by atoms with Crippen LogP contribution in [0.25, 0.3) is 0 Å². The van der Waals surface area contributed by atoms with Crippen molar-refractivity contribution < 1.29 is 4.79 Å². The van der Waals surface area contributed by atoms with E-state index >= 15 is 0 Å². The fraction of sp³-hybridized carbons (Fsp3) is 0.471. The van der Waals surface area contributed by atoms with E-state index in [0.717, 1.165) is 38.4 Å². The molecule has 1 atom stereocenters. The zero-order valence-electron chi connectivity index (χ0n) is 13.5. The Hall–Kier alpha value is -2.37. The van der Waals surface area contributed by atoms with E-state index in [-0.39, 0.29) is 11.9 Å². The SMILES string of the molecule is CC(CC(=O)N1CCCN(c2cccnn2)CC1)n1cccc1. The first-order valence-corrected chi connectivity index (χ1v) is 8.17. The average Bonchev–Trinajstić information content (AvgIpc) is 3.00. The van der Waals surface area contributed by atoms with Crippen molar-refractivity contribution in [3.8, 4) is 0 Å². The van der Waals surface area contributed by atoms with Crippen LogP contribution in [0.1, 0.15) is 25.8 Å². The number of amides is 1. The molecule has 1 aliphatic heterocycles. The normalized spacial score (nSPS) is 16.9. The lowest BCUT2D eigenvalue weighted by atomic mass is 10.2. The zero-order chi connectivity index (χ0) is 16.1. The molecule has 0 spiro atoms. The third-order valence-electron chi connectivity index (χ3n) is 4.34. The first-order chi connectivity index (χ1) is 11.2. The Morgan fingerprint density at radius 1 is 1.17 bits per heavy atom. The van der Waals surface area contributed by atoms with Gasteiger partial charge in [0.2, 0.25) is 5.91 Å². The molecule has 0 radical (unpaired) electrons. The molecule has 0 saturated carbocycles. The van der Waals surface area contributed by atoms with Crippen LogP contribution in [0.15, 0.2) is 42.9 Å². The van der Waals surface area contributed by atoms with Crippen LogP contribution >= 0.6 is 0 Å². The number of nitrogens with zero attached hydrogens (tertiary/aromatic N) is 5. The predicted octanol–water partition coefficient (Wildman–Crippen LogP) is 1.97. The van der Waals surface area contributed by atoms with E-state index in [0.29, 0.717) is 6.42 Å². The van der Waals surface area contributed by atoms with Gasteiger partial charge in [-0.05, 0) is 37.6 Å². The first-order valence-electron chi connectivity index (χ1n) is 8.17. The lowest BCUT2D eigenvalue weighted by molar-refractivity contribution is -0.131. The molecule has 6 heteroatoms. The molecule has 122 valence electrons. The number of anilines is 1. The Kier molecular flexibility index (Phi) is 4.90. The Morgan fingerprint density at radius 3 is 2.74 bits per heavy atom. The molecule has 6 nitrogen and oxygen atoms in total. The van der Waals surface area contributed by atoms with Gasteiger partial charge in [0.1, 0.15) is 0 Å². The minimum atomic E-state index is 0.192. The maximum atomic E-state index is 12.6. The molecule has 3 rings (SSSR count). The number of hydrogen-bond donors (Lipinski definition) is 0. The Morgan fingerprint density at radius 2 is 2.00 bits per heavy atom. The summed E-state index contributed by atoms with van der Waals surface area (Å²) in [5.41, 5.74) is 0. The van der Waals surface area contributed by atoms with Crippen LogP contribution in [-0.4, -0.2) is 51.8 Å². The highest BCUT2D eigenvalue weighted by Gasteiger charge is 2.21. The van der Waals surface area contributed by atoms with Gasteiger partial charge >= 0.3 is 0 Å². The van der Waals surface area contributed by atoms with Crippen LogP contribution in [0.5, 0.6) is 0 Å². The van der Waals surface area contributed by atoms with Gasteiger partial charge in [-0.1, -0.05) is 0 Å². The van der Waals surface area contributed by atoms with Gasteiger partial charge < -0.3 is 14.4 Å². The predicted molar refractivity (Wildman–Crippen MR) is 89.2 cm³/mol.